The van der Waals surface area contributed by atoms with Crippen molar-refractivity contribution in [2.45, 2.75) is 25.8 Å². The summed E-state index contributed by atoms with van der Waals surface area (Å²) in [6.07, 6.45) is 3.61. The summed E-state index contributed by atoms with van der Waals surface area (Å²) < 4.78 is 0. The third-order valence-electron chi connectivity index (χ3n) is 4.68. The maximum absolute atomic E-state index is 9.60. The molecule has 0 atom stereocenters. The molecule has 0 bridgehead atoms. The van der Waals surface area contributed by atoms with Gasteiger partial charge in [0, 0.05) is 25.1 Å². The fraction of sp³-hybridized carbons (Fsp3) is 0.444. The van der Waals surface area contributed by atoms with Gasteiger partial charge in [-0.3, -0.25) is 0 Å². The van der Waals surface area contributed by atoms with Gasteiger partial charge in [-0.1, -0.05) is 48.9 Å². The molecule has 2 aromatic carbocycles. The molecule has 1 fully saturated rings. The van der Waals surface area contributed by atoms with Crippen LogP contribution in [-0.2, 0) is 6.54 Å². The number of hydrogen-bond acceptors (Lipinski definition) is 2. The summed E-state index contributed by atoms with van der Waals surface area (Å²) in [6, 6.07) is 15.1. The molecule has 106 valence electrons. The highest BCUT2D eigenvalue weighted by Gasteiger charge is 2.37. The van der Waals surface area contributed by atoms with Crippen LogP contribution < -0.4 is 0 Å². The molecule has 2 nitrogen and oxygen atoms in total. The highest BCUT2D eigenvalue weighted by molar-refractivity contribution is 5.85. The van der Waals surface area contributed by atoms with Crippen molar-refractivity contribution in [3.63, 3.8) is 0 Å². The van der Waals surface area contributed by atoms with E-state index < -0.39 is 0 Å². The van der Waals surface area contributed by atoms with E-state index in [0.29, 0.717) is 6.61 Å². The number of benzene rings is 2. The summed E-state index contributed by atoms with van der Waals surface area (Å²) in [5.41, 5.74) is 1.54. The molecule has 0 amide bonds. The number of fused-ring (bicyclic) bond motifs is 1. The summed E-state index contributed by atoms with van der Waals surface area (Å²) in [7, 11) is 2.16. The topological polar surface area (TPSA) is 23.5 Å². The average Bonchev–Trinajstić information content (AvgIpc) is 2.43. The number of hydrogen-bond donors (Lipinski definition) is 1. The normalized spacial score (nSPS) is 17.4. The quantitative estimate of drug-likeness (QED) is 0.899. The second-order valence-corrected chi connectivity index (χ2v) is 6.32. The Morgan fingerprint density at radius 3 is 2.55 bits per heavy atom. The largest absolute Gasteiger partial charge is 0.396 e. The van der Waals surface area contributed by atoms with Crippen LogP contribution in [0, 0.1) is 5.41 Å². The lowest BCUT2D eigenvalue weighted by Gasteiger charge is -2.43. The SMILES string of the molecule is CN(Cc1cccc2ccccc12)CC1(CO)CCC1. The monoisotopic (exact) mass is 269 g/mol. The minimum atomic E-state index is 0.166. The van der Waals surface area contributed by atoms with Gasteiger partial charge in [0.25, 0.3) is 0 Å². The van der Waals surface area contributed by atoms with Crippen LogP contribution >= 0.6 is 0 Å². The number of rotatable bonds is 5. The van der Waals surface area contributed by atoms with Crippen molar-refractivity contribution < 1.29 is 5.11 Å². The smallest absolute Gasteiger partial charge is 0.0499 e. The molecular formula is C18H23NO. The Bertz CT molecular complexity index is 578. The minimum Gasteiger partial charge on any atom is -0.396 e. The van der Waals surface area contributed by atoms with E-state index in [2.05, 4.69) is 54.4 Å². The van der Waals surface area contributed by atoms with Crippen molar-refractivity contribution in [2.24, 2.45) is 5.41 Å². The molecule has 0 radical (unpaired) electrons. The first-order valence-electron chi connectivity index (χ1n) is 7.49. The molecule has 3 rings (SSSR count). The fourth-order valence-corrected chi connectivity index (χ4v) is 3.39. The van der Waals surface area contributed by atoms with E-state index in [1.807, 2.05) is 0 Å². The van der Waals surface area contributed by atoms with Gasteiger partial charge in [0.15, 0.2) is 0 Å². The predicted molar refractivity (Wildman–Crippen MR) is 83.7 cm³/mol. The molecule has 2 aromatic rings. The Kier molecular flexibility index (Phi) is 3.77. The number of aliphatic hydroxyl groups is 1. The molecule has 1 N–H and O–H groups in total. The molecule has 1 saturated carbocycles. The summed E-state index contributed by atoms with van der Waals surface area (Å²) in [5.74, 6) is 0. The van der Waals surface area contributed by atoms with Gasteiger partial charge >= 0.3 is 0 Å². The maximum atomic E-state index is 9.60. The van der Waals surface area contributed by atoms with Crippen molar-refractivity contribution in [2.75, 3.05) is 20.2 Å². The molecule has 0 heterocycles. The zero-order chi connectivity index (χ0) is 14.0. The number of aliphatic hydroxyl groups excluding tert-OH is 1. The summed E-state index contributed by atoms with van der Waals surface area (Å²) in [4.78, 5) is 2.36. The Morgan fingerprint density at radius 1 is 1.10 bits per heavy atom. The molecule has 1 aliphatic rings. The Labute approximate surface area is 121 Å². The second kappa shape index (κ2) is 5.55. The Balaban J connectivity index is 1.76. The lowest BCUT2D eigenvalue weighted by molar-refractivity contribution is 0.0128. The molecule has 0 unspecified atom stereocenters. The van der Waals surface area contributed by atoms with Gasteiger partial charge in [0.05, 0.1) is 0 Å². The third-order valence-corrected chi connectivity index (χ3v) is 4.68. The van der Waals surface area contributed by atoms with E-state index in [9.17, 15) is 5.11 Å². The van der Waals surface area contributed by atoms with Crippen molar-refractivity contribution >= 4 is 10.8 Å². The standard InChI is InChI=1S/C18H23NO/c1-19(13-18(14-20)10-5-11-18)12-16-8-4-7-15-6-2-3-9-17(15)16/h2-4,6-9,20H,5,10-14H2,1H3. The Hall–Kier alpha value is -1.38. The van der Waals surface area contributed by atoms with Gasteiger partial charge in [0.2, 0.25) is 0 Å². The third kappa shape index (κ3) is 2.58. The zero-order valence-electron chi connectivity index (χ0n) is 12.2. The van der Waals surface area contributed by atoms with E-state index in [1.54, 1.807) is 0 Å². The highest BCUT2D eigenvalue weighted by atomic mass is 16.3. The fourth-order valence-electron chi connectivity index (χ4n) is 3.39. The Morgan fingerprint density at radius 2 is 1.85 bits per heavy atom. The second-order valence-electron chi connectivity index (χ2n) is 6.32. The lowest BCUT2D eigenvalue weighted by atomic mass is 9.69. The van der Waals surface area contributed by atoms with Gasteiger partial charge < -0.3 is 10.0 Å². The summed E-state index contributed by atoms with van der Waals surface area (Å²) in [6.45, 7) is 2.27. The molecular weight excluding hydrogens is 246 g/mol. The van der Waals surface area contributed by atoms with Gasteiger partial charge in [-0.2, -0.15) is 0 Å². The van der Waals surface area contributed by atoms with Crippen LogP contribution in [-0.4, -0.2) is 30.2 Å². The molecule has 0 spiro atoms. The predicted octanol–water partition coefficient (Wildman–Crippen LogP) is 3.43. The first-order valence-corrected chi connectivity index (χ1v) is 7.49. The van der Waals surface area contributed by atoms with Crippen molar-refractivity contribution in [1.29, 1.82) is 0 Å². The van der Waals surface area contributed by atoms with Crippen LogP contribution in [0.2, 0.25) is 0 Å². The molecule has 20 heavy (non-hydrogen) atoms. The highest BCUT2D eigenvalue weighted by Crippen LogP contribution is 2.41. The van der Waals surface area contributed by atoms with Crippen molar-refractivity contribution in [1.82, 2.24) is 4.90 Å². The van der Waals surface area contributed by atoms with Crippen LogP contribution in [0.3, 0.4) is 0 Å². The van der Waals surface area contributed by atoms with Gasteiger partial charge in [-0.15, -0.1) is 0 Å². The van der Waals surface area contributed by atoms with Crippen molar-refractivity contribution in [3.05, 3.63) is 48.0 Å². The van der Waals surface area contributed by atoms with Crippen molar-refractivity contribution in [3.8, 4) is 0 Å². The van der Waals surface area contributed by atoms with Crippen LogP contribution in [0.25, 0.3) is 10.8 Å². The van der Waals surface area contributed by atoms with E-state index in [-0.39, 0.29) is 5.41 Å². The molecule has 2 heteroatoms. The van der Waals surface area contributed by atoms with Crippen LogP contribution in [0.4, 0.5) is 0 Å². The number of nitrogens with zero attached hydrogens (tertiary/aromatic N) is 1. The van der Waals surface area contributed by atoms with E-state index in [0.717, 1.165) is 13.1 Å². The molecule has 0 aromatic heterocycles. The molecule has 1 aliphatic carbocycles. The van der Waals surface area contributed by atoms with E-state index in [4.69, 9.17) is 0 Å². The van der Waals surface area contributed by atoms with Gasteiger partial charge in [0.1, 0.15) is 0 Å². The van der Waals surface area contributed by atoms with E-state index >= 15 is 0 Å². The van der Waals surface area contributed by atoms with E-state index in [1.165, 1.54) is 35.6 Å². The lowest BCUT2D eigenvalue weighted by Crippen LogP contribution is -2.43. The first-order chi connectivity index (χ1) is 9.72. The molecule has 0 aliphatic heterocycles. The average molecular weight is 269 g/mol. The van der Waals surface area contributed by atoms with Crippen LogP contribution in [0.1, 0.15) is 24.8 Å². The minimum absolute atomic E-state index is 0.166. The molecule has 0 saturated heterocycles. The van der Waals surface area contributed by atoms with Gasteiger partial charge in [-0.25, -0.2) is 0 Å². The zero-order valence-corrected chi connectivity index (χ0v) is 12.2. The van der Waals surface area contributed by atoms with Gasteiger partial charge in [-0.05, 0) is 36.2 Å². The summed E-state index contributed by atoms with van der Waals surface area (Å²) >= 11 is 0. The summed E-state index contributed by atoms with van der Waals surface area (Å²) in [5, 5.41) is 12.2. The maximum Gasteiger partial charge on any atom is 0.0499 e. The van der Waals surface area contributed by atoms with Crippen LogP contribution in [0.15, 0.2) is 42.5 Å². The van der Waals surface area contributed by atoms with Crippen LogP contribution in [0.5, 0.6) is 0 Å². The first kappa shape index (κ1) is 13.6.